The fourth-order valence-electron chi connectivity index (χ4n) is 2.37. The summed E-state index contributed by atoms with van der Waals surface area (Å²) in [6, 6.07) is 6.41. The summed E-state index contributed by atoms with van der Waals surface area (Å²) in [5.41, 5.74) is 0.833. The van der Waals surface area contributed by atoms with Gasteiger partial charge >= 0.3 is 0 Å². The lowest BCUT2D eigenvalue weighted by atomic mass is 9.96. The van der Waals surface area contributed by atoms with Crippen LogP contribution in [0.2, 0.25) is 0 Å². The Morgan fingerprint density at radius 2 is 2.17 bits per heavy atom. The third-order valence-corrected chi connectivity index (χ3v) is 3.37. The average molecular weight is 250 g/mol. The molecule has 0 saturated carbocycles. The van der Waals surface area contributed by atoms with Crippen molar-refractivity contribution >= 4 is 5.91 Å². The molecule has 1 amide bonds. The fraction of sp³-hybridized carbons (Fsp3) is 0.500. The minimum atomic E-state index is -0.254. The van der Waals surface area contributed by atoms with Gasteiger partial charge in [-0.15, -0.1) is 0 Å². The SMILES string of the molecule is CN(Cc1cccc(F)c1)C(=O)C1CCNCC1. The summed E-state index contributed by atoms with van der Waals surface area (Å²) in [4.78, 5) is 13.9. The van der Waals surface area contributed by atoms with Crippen molar-refractivity contribution in [1.82, 2.24) is 10.2 Å². The first kappa shape index (κ1) is 13.0. The molecule has 1 fully saturated rings. The number of amides is 1. The number of carbonyl (C=O) groups is 1. The van der Waals surface area contributed by atoms with Crippen LogP contribution in [0.3, 0.4) is 0 Å². The van der Waals surface area contributed by atoms with Gasteiger partial charge in [0.05, 0.1) is 0 Å². The fourth-order valence-corrected chi connectivity index (χ4v) is 2.37. The maximum Gasteiger partial charge on any atom is 0.225 e. The number of nitrogens with one attached hydrogen (secondary N) is 1. The van der Waals surface area contributed by atoms with Gasteiger partial charge in [-0.25, -0.2) is 4.39 Å². The zero-order valence-electron chi connectivity index (χ0n) is 10.7. The highest BCUT2D eigenvalue weighted by molar-refractivity contribution is 5.78. The largest absolute Gasteiger partial charge is 0.341 e. The van der Waals surface area contributed by atoms with E-state index in [2.05, 4.69) is 5.32 Å². The molecule has 0 unspecified atom stereocenters. The molecule has 2 rings (SSSR count). The Morgan fingerprint density at radius 3 is 2.83 bits per heavy atom. The molecular formula is C14H19FN2O. The first-order valence-corrected chi connectivity index (χ1v) is 6.37. The predicted molar refractivity (Wildman–Crippen MR) is 68.5 cm³/mol. The molecule has 0 radical (unpaired) electrons. The van der Waals surface area contributed by atoms with Crippen LogP contribution in [0.15, 0.2) is 24.3 Å². The Bertz CT molecular complexity index is 416. The van der Waals surface area contributed by atoms with Crippen molar-refractivity contribution in [2.45, 2.75) is 19.4 Å². The molecule has 0 spiro atoms. The molecule has 1 aromatic carbocycles. The number of nitrogens with zero attached hydrogens (tertiary/aromatic N) is 1. The van der Waals surface area contributed by atoms with Crippen LogP contribution in [0.25, 0.3) is 0 Å². The van der Waals surface area contributed by atoms with E-state index in [-0.39, 0.29) is 17.6 Å². The number of hydrogen-bond donors (Lipinski definition) is 1. The van der Waals surface area contributed by atoms with Crippen molar-refractivity contribution < 1.29 is 9.18 Å². The zero-order chi connectivity index (χ0) is 13.0. The number of halogens is 1. The average Bonchev–Trinajstić information content (AvgIpc) is 2.39. The molecule has 18 heavy (non-hydrogen) atoms. The summed E-state index contributed by atoms with van der Waals surface area (Å²) >= 11 is 0. The molecule has 1 saturated heterocycles. The summed E-state index contributed by atoms with van der Waals surface area (Å²) in [5, 5.41) is 3.25. The highest BCUT2D eigenvalue weighted by Gasteiger charge is 2.23. The molecule has 0 aliphatic carbocycles. The number of benzene rings is 1. The molecule has 1 N–H and O–H groups in total. The van der Waals surface area contributed by atoms with Crippen LogP contribution in [0, 0.1) is 11.7 Å². The Kier molecular flexibility index (Phi) is 4.31. The first-order valence-electron chi connectivity index (χ1n) is 6.37. The van der Waals surface area contributed by atoms with Gasteiger partial charge < -0.3 is 10.2 Å². The van der Waals surface area contributed by atoms with Crippen molar-refractivity contribution in [3.05, 3.63) is 35.6 Å². The van der Waals surface area contributed by atoms with Crippen LogP contribution in [0.1, 0.15) is 18.4 Å². The second-order valence-corrected chi connectivity index (χ2v) is 4.85. The van der Waals surface area contributed by atoms with E-state index < -0.39 is 0 Å². The minimum absolute atomic E-state index is 0.116. The number of rotatable bonds is 3. The number of hydrogen-bond acceptors (Lipinski definition) is 2. The van der Waals surface area contributed by atoms with Gasteiger partial charge in [-0.05, 0) is 43.6 Å². The van der Waals surface area contributed by atoms with E-state index in [1.807, 2.05) is 6.07 Å². The summed E-state index contributed by atoms with van der Waals surface area (Å²) in [5.74, 6) is 0.0285. The maximum absolute atomic E-state index is 13.1. The van der Waals surface area contributed by atoms with Gasteiger partial charge in [0.15, 0.2) is 0 Å². The highest BCUT2D eigenvalue weighted by Crippen LogP contribution is 2.16. The van der Waals surface area contributed by atoms with Crippen molar-refractivity contribution in [2.75, 3.05) is 20.1 Å². The maximum atomic E-state index is 13.1. The van der Waals surface area contributed by atoms with Gasteiger partial charge in [-0.2, -0.15) is 0 Å². The van der Waals surface area contributed by atoms with E-state index in [1.165, 1.54) is 12.1 Å². The van der Waals surface area contributed by atoms with Gasteiger partial charge in [0.25, 0.3) is 0 Å². The van der Waals surface area contributed by atoms with E-state index in [1.54, 1.807) is 18.0 Å². The summed E-state index contributed by atoms with van der Waals surface area (Å²) in [6.45, 7) is 2.29. The van der Waals surface area contributed by atoms with E-state index in [0.717, 1.165) is 31.5 Å². The summed E-state index contributed by atoms with van der Waals surface area (Å²) in [7, 11) is 1.79. The minimum Gasteiger partial charge on any atom is -0.341 e. The number of piperidine rings is 1. The highest BCUT2D eigenvalue weighted by atomic mass is 19.1. The van der Waals surface area contributed by atoms with Crippen LogP contribution < -0.4 is 5.32 Å². The normalized spacial score (nSPS) is 16.6. The van der Waals surface area contributed by atoms with E-state index in [0.29, 0.717) is 6.54 Å². The Hall–Kier alpha value is -1.42. The number of carbonyl (C=O) groups excluding carboxylic acids is 1. The standard InChI is InChI=1S/C14H19FN2O/c1-17(10-11-3-2-4-13(15)9-11)14(18)12-5-7-16-8-6-12/h2-4,9,12,16H,5-8,10H2,1H3. The molecule has 1 aliphatic rings. The Balaban J connectivity index is 1.94. The van der Waals surface area contributed by atoms with E-state index in [9.17, 15) is 9.18 Å². The molecule has 1 heterocycles. The third-order valence-electron chi connectivity index (χ3n) is 3.37. The molecule has 0 atom stereocenters. The van der Waals surface area contributed by atoms with Crippen LogP contribution in [-0.4, -0.2) is 30.9 Å². The van der Waals surface area contributed by atoms with Crippen LogP contribution in [0.4, 0.5) is 4.39 Å². The van der Waals surface area contributed by atoms with Crippen molar-refractivity contribution in [1.29, 1.82) is 0 Å². The van der Waals surface area contributed by atoms with Crippen molar-refractivity contribution in [2.24, 2.45) is 5.92 Å². The summed E-state index contributed by atoms with van der Waals surface area (Å²) < 4.78 is 13.1. The van der Waals surface area contributed by atoms with Gasteiger partial charge in [0, 0.05) is 19.5 Å². The van der Waals surface area contributed by atoms with Crippen LogP contribution in [-0.2, 0) is 11.3 Å². The molecule has 98 valence electrons. The van der Waals surface area contributed by atoms with Crippen LogP contribution >= 0.6 is 0 Å². The predicted octanol–water partition coefficient (Wildman–Crippen LogP) is 1.78. The Morgan fingerprint density at radius 1 is 1.44 bits per heavy atom. The van der Waals surface area contributed by atoms with Gasteiger partial charge in [-0.1, -0.05) is 12.1 Å². The van der Waals surface area contributed by atoms with E-state index >= 15 is 0 Å². The van der Waals surface area contributed by atoms with Crippen molar-refractivity contribution in [3.63, 3.8) is 0 Å². The molecular weight excluding hydrogens is 231 g/mol. The lowest BCUT2D eigenvalue weighted by Gasteiger charge is -2.27. The monoisotopic (exact) mass is 250 g/mol. The molecule has 0 bridgehead atoms. The second kappa shape index (κ2) is 5.96. The topological polar surface area (TPSA) is 32.3 Å². The van der Waals surface area contributed by atoms with E-state index in [4.69, 9.17) is 0 Å². The molecule has 3 nitrogen and oxygen atoms in total. The molecule has 1 aromatic rings. The smallest absolute Gasteiger partial charge is 0.225 e. The van der Waals surface area contributed by atoms with Gasteiger partial charge in [0.2, 0.25) is 5.91 Å². The molecule has 0 aromatic heterocycles. The Labute approximate surface area is 107 Å². The van der Waals surface area contributed by atoms with Crippen LogP contribution in [0.5, 0.6) is 0 Å². The van der Waals surface area contributed by atoms with Gasteiger partial charge in [0.1, 0.15) is 5.82 Å². The van der Waals surface area contributed by atoms with Crippen molar-refractivity contribution in [3.8, 4) is 0 Å². The lowest BCUT2D eigenvalue weighted by molar-refractivity contribution is -0.135. The first-order chi connectivity index (χ1) is 8.66. The summed E-state index contributed by atoms with van der Waals surface area (Å²) in [6.07, 6.45) is 1.79. The third kappa shape index (κ3) is 3.29. The molecule has 4 heteroatoms. The quantitative estimate of drug-likeness (QED) is 0.887. The second-order valence-electron chi connectivity index (χ2n) is 4.85. The van der Waals surface area contributed by atoms with Gasteiger partial charge in [-0.3, -0.25) is 4.79 Å². The molecule has 1 aliphatic heterocycles. The lowest BCUT2D eigenvalue weighted by Crippen LogP contribution is -2.38. The zero-order valence-corrected chi connectivity index (χ0v) is 10.7.